The fourth-order valence-corrected chi connectivity index (χ4v) is 5.32. The highest BCUT2D eigenvalue weighted by Gasteiger charge is 2.24. The molecule has 0 atom stereocenters. The maximum Gasteiger partial charge on any atom is 0.326 e. The third-order valence-electron chi connectivity index (χ3n) is 6.52. The van der Waals surface area contributed by atoms with Gasteiger partial charge in [0.1, 0.15) is 5.69 Å². The van der Waals surface area contributed by atoms with Crippen molar-refractivity contribution in [3.63, 3.8) is 0 Å². The number of fused-ring (bicyclic) bond motifs is 1. The van der Waals surface area contributed by atoms with Crippen LogP contribution in [0.25, 0.3) is 22.3 Å². The van der Waals surface area contributed by atoms with Crippen LogP contribution in [0.3, 0.4) is 0 Å². The minimum atomic E-state index is -0.510. The summed E-state index contributed by atoms with van der Waals surface area (Å²) in [7, 11) is 0. The molecule has 4 N–H and O–H groups in total. The van der Waals surface area contributed by atoms with Crippen LogP contribution < -0.4 is 16.4 Å². The van der Waals surface area contributed by atoms with Crippen molar-refractivity contribution in [2.24, 2.45) is 4.99 Å². The molecule has 2 aliphatic rings. The van der Waals surface area contributed by atoms with Gasteiger partial charge >= 0.3 is 5.69 Å². The number of hydrogen-bond donors (Lipinski definition) is 4. The lowest BCUT2D eigenvalue weighted by Gasteiger charge is -2.34. The fourth-order valence-electron chi connectivity index (χ4n) is 4.38. The number of nitrogens with one attached hydrogen (secondary N) is 2. The van der Waals surface area contributed by atoms with Gasteiger partial charge in [0.05, 0.1) is 34.3 Å². The molecule has 4 aromatic rings. The first-order valence-corrected chi connectivity index (χ1v) is 13.0. The van der Waals surface area contributed by atoms with Gasteiger partial charge in [-0.3, -0.25) is 19.7 Å². The summed E-state index contributed by atoms with van der Waals surface area (Å²) < 4.78 is 1.65. The Balaban J connectivity index is 1.36. The van der Waals surface area contributed by atoms with E-state index in [2.05, 4.69) is 20.0 Å². The third kappa shape index (κ3) is 4.80. The molecule has 12 nitrogen and oxygen atoms in total. The second-order valence-electron chi connectivity index (χ2n) is 9.20. The molecule has 6 rings (SSSR count). The average Bonchev–Trinajstić information content (AvgIpc) is 3.26. The van der Waals surface area contributed by atoms with Crippen LogP contribution >= 0.6 is 11.3 Å². The number of H-pyrrole nitrogens is 2. The number of carbonyl (C=O) groups is 1. The molecule has 1 aliphatic heterocycles. The Morgan fingerprint density at radius 3 is 2.73 bits per heavy atom. The summed E-state index contributed by atoms with van der Waals surface area (Å²) in [5, 5.41) is 24.2. The Bertz CT molecular complexity index is 1640. The first kappa shape index (κ1) is 23.6. The number of nitrogens with zero attached hydrogens (tertiary/aromatic N) is 6. The third-order valence-corrected chi connectivity index (χ3v) is 7.62. The lowest BCUT2D eigenvalue weighted by Crippen LogP contribution is -2.49. The molecule has 37 heavy (non-hydrogen) atoms. The Kier molecular flexibility index (Phi) is 6.10. The van der Waals surface area contributed by atoms with Crippen LogP contribution in [0.15, 0.2) is 34.2 Å². The van der Waals surface area contributed by atoms with E-state index in [0.717, 1.165) is 30.8 Å². The number of thiophene rings is 1. The van der Waals surface area contributed by atoms with Crippen molar-refractivity contribution in [2.45, 2.75) is 18.9 Å². The predicted molar refractivity (Wildman–Crippen MR) is 136 cm³/mol. The summed E-state index contributed by atoms with van der Waals surface area (Å²) in [5.74, 6) is -0.267. The molecule has 2 fully saturated rings. The van der Waals surface area contributed by atoms with Gasteiger partial charge in [-0.2, -0.15) is 9.61 Å². The number of aliphatic hydroxyl groups excluding tert-OH is 1. The Morgan fingerprint density at radius 2 is 2.03 bits per heavy atom. The first-order valence-electron chi connectivity index (χ1n) is 12.2. The fraction of sp³-hybridized carbons (Fsp3) is 0.375. The molecule has 0 bridgehead atoms. The highest BCUT2D eigenvalue weighted by molar-refractivity contribution is 7.17. The van der Waals surface area contributed by atoms with Gasteiger partial charge in [0.2, 0.25) is 5.88 Å². The van der Waals surface area contributed by atoms with Crippen LogP contribution in [-0.2, 0) is 0 Å². The van der Waals surface area contributed by atoms with Crippen molar-refractivity contribution < 1.29 is 15.0 Å². The molecule has 1 aliphatic carbocycles. The van der Waals surface area contributed by atoms with Gasteiger partial charge in [-0.1, -0.05) is 0 Å². The summed E-state index contributed by atoms with van der Waals surface area (Å²) in [5.41, 5.74) is 1.58. The second-order valence-corrected chi connectivity index (χ2v) is 10.3. The standard InChI is InChI=1S/C24H26N8O4S/c33-10-9-30-5-7-31(8-6-30)23(35)19-4-3-18(37-19)16-12-20(26-15-1-2-15)32-21(27-16)14(13-25-32)11-17-22(34)29-24(36)28-17/h3-4,11-13,15,33-34H,1-2,5-10H2,(H2,28,29,36)/b14-11-,26-20?. The van der Waals surface area contributed by atoms with Crippen molar-refractivity contribution in [2.75, 3.05) is 39.3 Å². The zero-order valence-corrected chi connectivity index (χ0v) is 20.7. The number of carbonyl (C=O) groups excluding carboxylic acids is 1. The van der Waals surface area contributed by atoms with Gasteiger partial charge in [-0.05, 0) is 31.1 Å². The number of imidazole rings is 1. The average molecular weight is 523 g/mol. The van der Waals surface area contributed by atoms with E-state index in [9.17, 15) is 14.7 Å². The summed E-state index contributed by atoms with van der Waals surface area (Å²) in [6.07, 6.45) is 5.28. The largest absolute Gasteiger partial charge is 0.493 e. The molecular formula is C24H26N8O4S. The van der Waals surface area contributed by atoms with Crippen LogP contribution in [0.5, 0.6) is 5.88 Å². The number of aromatic hydroxyl groups is 1. The summed E-state index contributed by atoms with van der Waals surface area (Å²) >= 11 is 1.39. The first-order chi connectivity index (χ1) is 18.0. The highest BCUT2D eigenvalue weighted by atomic mass is 32.1. The van der Waals surface area contributed by atoms with Gasteiger partial charge in [0.25, 0.3) is 5.91 Å². The van der Waals surface area contributed by atoms with E-state index in [-0.39, 0.29) is 30.1 Å². The highest BCUT2D eigenvalue weighted by Crippen LogP contribution is 2.28. The van der Waals surface area contributed by atoms with Gasteiger partial charge < -0.3 is 20.1 Å². The van der Waals surface area contributed by atoms with Gasteiger partial charge in [-0.15, -0.1) is 11.3 Å². The van der Waals surface area contributed by atoms with Crippen molar-refractivity contribution in [1.82, 2.24) is 34.4 Å². The maximum absolute atomic E-state index is 13.1. The zero-order chi connectivity index (χ0) is 25.5. The minimum Gasteiger partial charge on any atom is -0.493 e. The molecule has 0 unspecified atom stereocenters. The van der Waals surface area contributed by atoms with E-state index in [4.69, 9.17) is 15.1 Å². The van der Waals surface area contributed by atoms with Crippen molar-refractivity contribution >= 4 is 29.0 Å². The number of amides is 1. The second kappa shape index (κ2) is 9.57. The molecular weight excluding hydrogens is 496 g/mol. The maximum atomic E-state index is 13.1. The van der Waals surface area contributed by atoms with Crippen molar-refractivity contribution in [3.05, 3.63) is 56.2 Å². The van der Waals surface area contributed by atoms with Gasteiger partial charge in [-0.25, -0.2) is 9.78 Å². The topological polar surface area (TPSA) is 155 Å². The SMILES string of the molecule is O=C(c1ccc(-c2cc(=NC3CC3)n3nc/c(=C/c4[nH]c(=O)[nH]c4O)c3n2)s1)N1CCN(CCO)CC1. The molecule has 4 aromatic heterocycles. The normalized spacial score (nSPS) is 17.8. The molecule has 1 saturated heterocycles. The van der Waals surface area contributed by atoms with Crippen molar-refractivity contribution in [1.29, 1.82) is 0 Å². The van der Waals surface area contributed by atoms with E-state index in [1.165, 1.54) is 11.3 Å². The van der Waals surface area contributed by atoms with Gasteiger partial charge in [0.15, 0.2) is 11.1 Å². The van der Waals surface area contributed by atoms with Crippen molar-refractivity contribution in [3.8, 4) is 16.5 Å². The minimum absolute atomic E-state index is 0.00543. The van der Waals surface area contributed by atoms with Crippen LogP contribution in [0.2, 0.25) is 0 Å². The Hall–Kier alpha value is -3.81. The molecule has 5 heterocycles. The molecule has 1 saturated carbocycles. The van der Waals surface area contributed by atoms with E-state index < -0.39 is 5.69 Å². The summed E-state index contributed by atoms with van der Waals surface area (Å²) in [6, 6.07) is 5.86. The van der Waals surface area contributed by atoms with E-state index in [1.807, 2.05) is 23.1 Å². The molecule has 0 aromatic carbocycles. The predicted octanol–water partition coefficient (Wildman–Crippen LogP) is -0.459. The van der Waals surface area contributed by atoms with E-state index >= 15 is 0 Å². The molecule has 0 spiro atoms. The summed E-state index contributed by atoms with van der Waals surface area (Å²) in [4.78, 5) is 44.7. The van der Waals surface area contributed by atoms with Crippen LogP contribution in [-0.4, -0.2) is 95.9 Å². The Morgan fingerprint density at radius 1 is 1.22 bits per heavy atom. The lowest BCUT2D eigenvalue weighted by atomic mass is 10.2. The van der Waals surface area contributed by atoms with E-state index in [0.29, 0.717) is 46.6 Å². The van der Waals surface area contributed by atoms with Crippen LogP contribution in [0, 0.1) is 0 Å². The zero-order valence-electron chi connectivity index (χ0n) is 19.9. The quantitative estimate of drug-likeness (QED) is 0.267. The number of aliphatic hydroxyl groups is 1. The monoisotopic (exact) mass is 522 g/mol. The molecule has 0 radical (unpaired) electrons. The number of aromatic amines is 2. The summed E-state index contributed by atoms with van der Waals surface area (Å²) in [6.45, 7) is 3.50. The smallest absolute Gasteiger partial charge is 0.326 e. The molecule has 1 amide bonds. The van der Waals surface area contributed by atoms with Crippen LogP contribution in [0.4, 0.5) is 0 Å². The number of β-amino-alcohol motifs (C(OH)–C–C–N with tert-alkyl or cyclic N) is 1. The number of hydrogen-bond acceptors (Lipinski definition) is 9. The number of piperazine rings is 1. The number of rotatable bonds is 6. The van der Waals surface area contributed by atoms with Gasteiger partial charge in [0, 0.05) is 44.0 Å². The molecule has 192 valence electrons. The van der Waals surface area contributed by atoms with E-state index in [1.54, 1.807) is 16.8 Å². The lowest BCUT2D eigenvalue weighted by molar-refractivity contribution is 0.0619. The Labute approximate surface area is 214 Å². The van der Waals surface area contributed by atoms with Crippen LogP contribution in [0.1, 0.15) is 28.2 Å². The number of aromatic nitrogens is 5. The molecule has 13 heteroatoms.